The molecule has 0 radical (unpaired) electrons. The fourth-order valence-corrected chi connectivity index (χ4v) is 7.54. The third-order valence-corrected chi connectivity index (χ3v) is 11.8. The molecule has 0 N–H and O–H groups in total. The fraction of sp³-hybridized carbons (Fsp3) is 0.807. The van der Waals surface area contributed by atoms with Crippen LogP contribution in [-0.2, 0) is 33.3 Å². The van der Waals surface area contributed by atoms with E-state index >= 15 is 0 Å². The van der Waals surface area contributed by atoms with Crippen LogP contribution in [0.15, 0.2) is 48.6 Å². The first-order chi connectivity index (χ1) is 32.1. The Hall–Kier alpha value is -2.75. The molecule has 0 aliphatic heterocycles. The minimum absolute atomic E-state index is 0.145. The maximum Gasteiger partial charge on any atom is 0.306 e. The molecule has 0 aromatic rings. The van der Waals surface area contributed by atoms with Crippen molar-refractivity contribution < 1.29 is 42.9 Å². The molecule has 0 saturated heterocycles. The average Bonchev–Trinajstić information content (AvgIpc) is 3.28. The third-order valence-electron chi connectivity index (χ3n) is 11.8. The van der Waals surface area contributed by atoms with E-state index in [-0.39, 0.29) is 38.6 Å². The van der Waals surface area contributed by atoms with E-state index in [4.69, 9.17) is 18.9 Å². The topological polar surface area (TPSA) is 111 Å². The Balaban J connectivity index is 4.32. The van der Waals surface area contributed by atoms with Crippen molar-refractivity contribution in [1.82, 2.24) is 0 Å². The Kier molecular flexibility index (Phi) is 46.7. The van der Waals surface area contributed by atoms with Crippen LogP contribution in [0.3, 0.4) is 0 Å². The summed E-state index contributed by atoms with van der Waals surface area (Å²) in [6.07, 6.45) is 55.7. The molecule has 384 valence electrons. The molecule has 0 amide bonds. The molecule has 0 aliphatic carbocycles. The molecule has 0 rings (SSSR count). The SMILES string of the molecule is CCCCCCC/C=C\C/C=C\C/C=C\CCCCCCCCCCC(=O)OC(COC(=O)CCCCCCCCC/C=C\CCCCCCCCC)COC(OCC[N+](C)(C)C)C(=O)[O-]. The second kappa shape index (κ2) is 48.7. The first-order valence-corrected chi connectivity index (χ1v) is 27.3. The minimum Gasteiger partial charge on any atom is -0.545 e. The third kappa shape index (κ3) is 49.2. The predicted molar refractivity (Wildman–Crippen MR) is 274 cm³/mol. The number of hydrogen-bond donors (Lipinski definition) is 0. The van der Waals surface area contributed by atoms with E-state index < -0.39 is 24.3 Å². The van der Waals surface area contributed by atoms with Crippen molar-refractivity contribution in [2.24, 2.45) is 0 Å². The van der Waals surface area contributed by atoms with E-state index in [0.717, 1.165) is 70.6 Å². The van der Waals surface area contributed by atoms with Crippen molar-refractivity contribution in [3.8, 4) is 0 Å². The van der Waals surface area contributed by atoms with Crippen molar-refractivity contribution in [3.63, 3.8) is 0 Å². The lowest BCUT2D eigenvalue weighted by Crippen LogP contribution is -2.44. The lowest BCUT2D eigenvalue weighted by atomic mass is 10.1. The number of unbranched alkanes of at least 4 members (excludes halogenated alkanes) is 27. The molecule has 0 bridgehead atoms. The van der Waals surface area contributed by atoms with E-state index in [0.29, 0.717) is 17.4 Å². The highest BCUT2D eigenvalue weighted by atomic mass is 16.7. The number of carbonyl (C=O) groups excluding carboxylic acids is 3. The largest absolute Gasteiger partial charge is 0.545 e. The molecule has 0 spiro atoms. The number of esters is 2. The predicted octanol–water partition coefficient (Wildman–Crippen LogP) is 14.2. The summed E-state index contributed by atoms with van der Waals surface area (Å²) < 4.78 is 22.7. The van der Waals surface area contributed by atoms with Gasteiger partial charge in [-0.1, -0.05) is 197 Å². The number of hydrogen-bond acceptors (Lipinski definition) is 8. The quantitative estimate of drug-likeness (QED) is 0.0195. The summed E-state index contributed by atoms with van der Waals surface area (Å²) in [5, 5.41) is 11.7. The number of carboxylic acid groups (broad SMARTS) is 1. The smallest absolute Gasteiger partial charge is 0.306 e. The van der Waals surface area contributed by atoms with Gasteiger partial charge in [0.1, 0.15) is 13.2 Å². The second-order valence-corrected chi connectivity index (χ2v) is 19.5. The van der Waals surface area contributed by atoms with E-state index in [2.05, 4.69) is 62.5 Å². The fourth-order valence-electron chi connectivity index (χ4n) is 7.54. The molecule has 0 fully saturated rings. The van der Waals surface area contributed by atoms with Gasteiger partial charge in [-0.3, -0.25) is 9.59 Å². The van der Waals surface area contributed by atoms with Crippen LogP contribution in [0.2, 0.25) is 0 Å². The summed E-state index contributed by atoms with van der Waals surface area (Å²) in [7, 11) is 5.91. The zero-order valence-corrected chi connectivity index (χ0v) is 43.6. The van der Waals surface area contributed by atoms with Crippen molar-refractivity contribution in [1.29, 1.82) is 0 Å². The molecule has 2 atom stereocenters. The van der Waals surface area contributed by atoms with E-state index in [1.807, 2.05) is 21.1 Å². The molecular weight excluding hydrogens is 827 g/mol. The number of aliphatic carboxylic acids is 1. The number of likely N-dealkylation sites (N-methyl/N-ethyl adjacent to an activating group) is 1. The van der Waals surface area contributed by atoms with Gasteiger partial charge in [-0.05, 0) is 77.0 Å². The number of nitrogens with zero attached hydrogens (tertiary/aromatic N) is 1. The summed E-state index contributed by atoms with van der Waals surface area (Å²) in [5.41, 5.74) is 0. The van der Waals surface area contributed by atoms with Crippen molar-refractivity contribution in [3.05, 3.63) is 48.6 Å². The number of carbonyl (C=O) groups is 3. The number of ether oxygens (including phenoxy) is 4. The molecule has 9 nitrogen and oxygen atoms in total. The van der Waals surface area contributed by atoms with Gasteiger partial charge in [-0.15, -0.1) is 0 Å². The summed E-state index contributed by atoms with van der Waals surface area (Å²) in [4.78, 5) is 37.2. The first kappa shape index (κ1) is 63.2. The zero-order chi connectivity index (χ0) is 48.4. The van der Waals surface area contributed by atoms with Gasteiger partial charge < -0.3 is 33.3 Å². The standard InChI is InChI=1S/C57H103NO8/c1-6-8-10-12-14-16-18-20-22-24-26-27-28-29-30-32-34-36-38-40-42-44-46-48-55(60)66-53(52-65-57(56(61)62)63-50-49-58(3,4)5)51-64-54(59)47-45-43-41-39-37-35-33-31-25-23-21-19-17-15-13-11-9-7-2/h18,20,23-26,28-29,53,57H,6-17,19,21-22,27,30-52H2,1-5H3/b20-18-,25-23-,26-24-,29-28-. The van der Waals surface area contributed by atoms with Crippen LogP contribution < -0.4 is 5.11 Å². The van der Waals surface area contributed by atoms with Gasteiger partial charge in [-0.25, -0.2) is 0 Å². The van der Waals surface area contributed by atoms with Crippen LogP contribution >= 0.6 is 0 Å². The number of rotatable bonds is 50. The van der Waals surface area contributed by atoms with Crippen LogP contribution in [0.1, 0.15) is 239 Å². The molecular formula is C57H103NO8. The number of carboxylic acids is 1. The highest BCUT2D eigenvalue weighted by Gasteiger charge is 2.22. The van der Waals surface area contributed by atoms with E-state index in [1.54, 1.807) is 0 Å². The van der Waals surface area contributed by atoms with Gasteiger partial charge in [0.05, 0.1) is 40.3 Å². The highest BCUT2D eigenvalue weighted by molar-refractivity contribution is 5.70. The zero-order valence-electron chi connectivity index (χ0n) is 43.6. The average molecular weight is 930 g/mol. The lowest BCUT2D eigenvalue weighted by molar-refractivity contribution is -0.870. The van der Waals surface area contributed by atoms with Gasteiger partial charge in [0.15, 0.2) is 12.4 Å². The Labute approximate surface area is 406 Å². The number of allylic oxidation sites excluding steroid dienone is 8. The first-order valence-electron chi connectivity index (χ1n) is 27.3. The van der Waals surface area contributed by atoms with E-state index in [9.17, 15) is 19.5 Å². The van der Waals surface area contributed by atoms with Crippen molar-refractivity contribution >= 4 is 17.9 Å². The molecule has 0 aromatic heterocycles. The summed E-state index contributed by atoms with van der Waals surface area (Å²) in [6.45, 7) is 4.73. The Morgan fingerprint density at radius 2 is 0.818 bits per heavy atom. The number of quaternary nitrogens is 1. The molecule has 0 saturated carbocycles. The molecule has 0 heterocycles. The van der Waals surface area contributed by atoms with Crippen LogP contribution in [0.5, 0.6) is 0 Å². The van der Waals surface area contributed by atoms with Crippen molar-refractivity contribution in [2.45, 2.75) is 251 Å². The van der Waals surface area contributed by atoms with Crippen LogP contribution in [0.4, 0.5) is 0 Å². The Morgan fingerprint density at radius 1 is 0.455 bits per heavy atom. The maximum absolute atomic E-state index is 12.8. The second-order valence-electron chi connectivity index (χ2n) is 19.5. The van der Waals surface area contributed by atoms with Gasteiger partial charge in [0.25, 0.3) is 0 Å². The maximum atomic E-state index is 12.8. The lowest BCUT2D eigenvalue weighted by Gasteiger charge is -2.26. The summed E-state index contributed by atoms with van der Waals surface area (Å²) in [5.74, 6) is -2.29. The summed E-state index contributed by atoms with van der Waals surface area (Å²) >= 11 is 0. The Morgan fingerprint density at radius 3 is 1.23 bits per heavy atom. The molecule has 0 aliphatic rings. The van der Waals surface area contributed by atoms with Gasteiger partial charge in [-0.2, -0.15) is 0 Å². The monoisotopic (exact) mass is 930 g/mol. The molecule has 0 aromatic carbocycles. The minimum atomic E-state index is -1.62. The van der Waals surface area contributed by atoms with Crippen LogP contribution in [-0.4, -0.2) is 82.3 Å². The van der Waals surface area contributed by atoms with Crippen LogP contribution in [0.25, 0.3) is 0 Å². The van der Waals surface area contributed by atoms with Gasteiger partial charge in [0, 0.05) is 12.8 Å². The van der Waals surface area contributed by atoms with E-state index in [1.165, 1.54) is 135 Å². The normalized spacial score (nSPS) is 13.2. The Bertz CT molecular complexity index is 1220. The molecule has 2 unspecified atom stereocenters. The summed E-state index contributed by atoms with van der Waals surface area (Å²) in [6, 6.07) is 0. The van der Waals surface area contributed by atoms with Crippen LogP contribution in [0, 0.1) is 0 Å². The van der Waals surface area contributed by atoms with Crippen molar-refractivity contribution in [2.75, 3.05) is 47.5 Å². The molecule has 9 heteroatoms. The van der Waals surface area contributed by atoms with Gasteiger partial charge in [0.2, 0.25) is 0 Å². The highest BCUT2D eigenvalue weighted by Crippen LogP contribution is 2.15. The van der Waals surface area contributed by atoms with Gasteiger partial charge >= 0.3 is 11.9 Å². The molecule has 66 heavy (non-hydrogen) atoms.